The molecule has 26 heavy (non-hydrogen) atoms. The molecule has 0 aliphatic heterocycles. The van der Waals surface area contributed by atoms with Gasteiger partial charge in [0.25, 0.3) is 0 Å². The van der Waals surface area contributed by atoms with Gasteiger partial charge in [-0.2, -0.15) is 8.78 Å². The van der Waals surface area contributed by atoms with E-state index in [0.717, 1.165) is 6.07 Å². The average molecular weight is 366 g/mol. The van der Waals surface area contributed by atoms with Gasteiger partial charge in [0.05, 0.1) is 13.7 Å². The maximum absolute atomic E-state index is 13.6. The molecule has 0 saturated heterocycles. The van der Waals surface area contributed by atoms with Gasteiger partial charge in [-0.25, -0.2) is 4.39 Å². The highest BCUT2D eigenvalue weighted by molar-refractivity contribution is 5.65. The molecule has 2 rings (SSSR count). The average Bonchev–Trinajstić information content (AvgIpc) is 2.62. The van der Waals surface area contributed by atoms with Crippen molar-refractivity contribution >= 4 is 6.41 Å². The molecule has 5 nitrogen and oxygen atoms in total. The Morgan fingerprint density at radius 2 is 2.08 bits per heavy atom. The molecule has 0 atom stereocenters. The minimum atomic E-state index is -3.13. The van der Waals surface area contributed by atoms with Crippen molar-refractivity contribution in [2.24, 2.45) is 0 Å². The number of nitrogens with zero attached hydrogens (tertiary/aromatic N) is 2. The topological polar surface area (TPSA) is 51.7 Å². The highest BCUT2D eigenvalue weighted by Gasteiger charge is 2.12. The molecule has 0 bridgehead atoms. The maximum Gasteiger partial charge on any atom is 0.387 e. The molecule has 1 aromatic carbocycles. The summed E-state index contributed by atoms with van der Waals surface area (Å²) in [5.74, 6) is -1.01. The lowest BCUT2D eigenvalue weighted by Gasteiger charge is -2.18. The fourth-order valence-electron chi connectivity index (χ4n) is 2.26. The highest BCUT2D eigenvalue weighted by Crippen LogP contribution is 2.27. The number of rotatable bonds is 9. The van der Waals surface area contributed by atoms with Gasteiger partial charge in [-0.1, -0.05) is 12.6 Å². The number of hydrogen-bond donors (Lipinski definition) is 0. The molecule has 0 saturated carbocycles. The fourth-order valence-corrected chi connectivity index (χ4v) is 2.26. The van der Waals surface area contributed by atoms with Crippen LogP contribution in [0.5, 0.6) is 5.75 Å². The van der Waals surface area contributed by atoms with E-state index < -0.39 is 18.2 Å². The molecule has 0 N–H and O–H groups in total. The molecule has 0 fully saturated rings. The first-order chi connectivity index (χ1) is 12.4. The van der Waals surface area contributed by atoms with E-state index in [-0.39, 0.29) is 13.1 Å². The van der Waals surface area contributed by atoms with Gasteiger partial charge in [-0.15, -0.1) is 0 Å². The van der Waals surface area contributed by atoms with Crippen molar-refractivity contribution in [1.29, 1.82) is 0 Å². The lowest BCUT2D eigenvalue weighted by molar-refractivity contribution is -0.118. The minimum Gasteiger partial charge on any atom is -0.500 e. The summed E-state index contributed by atoms with van der Waals surface area (Å²) in [6.07, 6.45) is 3.72. The van der Waals surface area contributed by atoms with Gasteiger partial charge in [0.1, 0.15) is 5.76 Å². The van der Waals surface area contributed by atoms with Gasteiger partial charge in [-0.05, 0) is 29.3 Å². The number of ether oxygens (including phenoxy) is 2. The third-order valence-corrected chi connectivity index (χ3v) is 3.48. The van der Waals surface area contributed by atoms with E-state index in [0.29, 0.717) is 28.9 Å². The summed E-state index contributed by atoms with van der Waals surface area (Å²) in [6, 6.07) is 5.36. The van der Waals surface area contributed by atoms with Crippen LogP contribution in [-0.2, 0) is 16.1 Å². The summed E-state index contributed by atoms with van der Waals surface area (Å²) in [5, 5.41) is 0. The number of benzene rings is 1. The molecule has 1 aromatic heterocycles. The minimum absolute atomic E-state index is 0.215. The number of aromatic nitrogens is 1. The molecule has 0 radical (unpaired) electrons. The van der Waals surface area contributed by atoms with Crippen molar-refractivity contribution < 1.29 is 27.4 Å². The molecule has 1 amide bonds. The van der Waals surface area contributed by atoms with E-state index >= 15 is 0 Å². The van der Waals surface area contributed by atoms with Crippen LogP contribution in [0.4, 0.5) is 13.2 Å². The smallest absolute Gasteiger partial charge is 0.387 e. The lowest BCUT2D eigenvalue weighted by atomic mass is 10.1. The molecular formula is C18H17F3N2O3. The zero-order chi connectivity index (χ0) is 19.1. The van der Waals surface area contributed by atoms with Gasteiger partial charge >= 0.3 is 6.61 Å². The van der Waals surface area contributed by atoms with E-state index in [1.165, 1.54) is 30.3 Å². The predicted molar refractivity (Wildman–Crippen MR) is 88.9 cm³/mol. The summed E-state index contributed by atoms with van der Waals surface area (Å²) in [6.45, 7) is 0.994. The number of carbonyl (C=O) groups is 1. The second-order valence-electron chi connectivity index (χ2n) is 5.36. The number of halogens is 3. The van der Waals surface area contributed by atoms with Crippen molar-refractivity contribution in [3.8, 4) is 16.9 Å². The summed E-state index contributed by atoms with van der Waals surface area (Å²) in [4.78, 5) is 16.7. The van der Waals surface area contributed by atoms with Crippen LogP contribution in [0.3, 0.4) is 0 Å². The van der Waals surface area contributed by atoms with Crippen LogP contribution in [0.1, 0.15) is 5.56 Å². The number of pyridine rings is 1. The zero-order valence-corrected chi connectivity index (χ0v) is 14.0. The standard InChI is InChI=1S/C18H17F3N2O3/c1-12(25-2)9-23(11-24)10-13-5-15(8-22-7-13)14-3-4-16(19)17(6-14)26-18(20)21/h3-8,11,18H,1,9-10H2,2H3. The normalized spacial score (nSPS) is 10.5. The molecule has 0 unspecified atom stereocenters. The van der Waals surface area contributed by atoms with E-state index in [4.69, 9.17) is 4.74 Å². The van der Waals surface area contributed by atoms with Crippen LogP contribution >= 0.6 is 0 Å². The Hall–Kier alpha value is -3.03. The fraction of sp³-hybridized carbons (Fsp3) is 0.222. The predicted octanol–water partition coefficient (Wildman–Crippen LogP) is 3.61. The monoisotopic (exact) mass is 366 g/mol. The maximum atomic E-state index is 13.6. The first kappa shape index (κ1) is 19.3. The van der Waals surface area contributed by atoms with Crippen molar-refractivity contribution in [3.05, 3.63) is 60.4 Å². The van der Waals surface area contributed by atoms with Crippen molar-refractivity contribution in [1.82, 2.24) is 9.88 Å². The van der Waals surface area contributed by atoms with E-state index in [1.807, 2.05) is 0 Å². The van der Waals surface area contributed by atoms with E-state index in [1.54, 1.807) is 12.3 Å². The quantitative estimate of drug-likeness (QED) is 0.503. The molecule has 2 aromatic rings. The van der Waals surface area contributed by atoms with Crippen molar-refractivity contribution in [2.75, 3.05) is 13.7 Å². The van der Waals surface area contributed by atoms with Gasteiger partial charge in [0.15, 0.2) is 11.6 Å². The molecular weight excluding hydrogens is 349 g/mol. The zero-order valence-electron chi connectivity index (χ0n) is 14.0. The SMILES string of the molecule is C=C(CN(C=O)Cc1cncc(-c2ccc(F)c(OC(F)F)c2)c1)OC. The lowest BCUT2D eigenvalue weighted by Crippen LogP contribution is -2.24. The third kappa shape index (κ3) is 5.23. The molecule has 8 heteroatoms. The number of alkyl halides is 2. The molecule has 138 valence electrons. The molecule has 1 heterocycles. The van der Waals surface area contributed by atoms with Crippen molar-refractivity contribution in [2.45, 2.75) is 13.2 Å². The summed E-state index contributed by atoms with van der Waals surface area (Å²) in [7, 11) is 1.46. The number of carbonyl (C=O) groups excluding carboxylic acids is 1. The molecule has 0 aliphatic rings. The van der Waals surface area contributed by atoms with Gasteiger partial charge in [0, 0.05) is 24.5 Å². The highest BCUT2D eigenvalue weighted by atomic mass is 19.3. The Balaban J connectivity index is 2.23. The van der Waals surface area contributed by atoms with Crippen LogP contribution < -0.4 is 4.74 Å². The van der Waals surface area contributed by atoms with Gasteiger partial charge in [0.2, 0.25) is 6.41 Å². The van der Waals surface area contributed by atoms with E-state index in [9.17, 15) is 18.0 Å². The Labute approximate surface area is 148 Å². The number of amides is 1. The Bertz CT molecular complexity index is 784. The number of hydrogen-bond acceptors (Lipinski definition) is 4. The van der Waals surface area contributed by atoms with Gasteiger partial charge < -0.3 is 14.4 Å². The second-order valence-corrected chi connectivity index (χ2v) is 5.36. The molecule has 0 aliphatic carbocycles. The van der Waals surface area contributed by atoms with E-state index in [2.05, 4.69) is 16.3 Å². The second kappa shape index (κ2) is 8.89. The largest absolute Gasteiger partial charge is 0.500 e. The Morgan fingerprint density at radius 1 is 1.31 bits per heavy atom. The van der Waals surface area contributed by atoms with Crippen LogP contribution in [0.15, 0.2) is 49.0 Å². The molecule has 0 spiro atoms. The first-order valence-corrected chi connectivity index (χ1v) is 7.52. The summed E-state index contributed by atoms with van der Waals surface area (Å²) >= 11 is 0. The number of methoxy groups -OCH3 is 1. The van der Waals surface area contributed by atoms with Crippen LogP contribution in [0.25, 0.3) is 11.1 Å². The Morgan fingerprint density at radius 3 is 2.73 bits per heavy atom. The Kier molecular flexibility index (Phi) is 6.60. The van der Waals surface area contributed by atoms with Crippen LogP contribution in [-0.4, -0.2) is 36.6 Å². The summed E-state index contributed by atoms with van der Waals surface area (Å²) < 4.78 is 47.4. The first-order valence-electron chi connectivity index (χ1n) is 7.52. The third-order valence-electron chi connectivity index (χ3n) is 3.48. The van der Waals surface area contributed by atoms with Crippen molar-refractivity contribution in [3.63, 3.8) is 0 Å². The summed E-state index contributed by atoms with van der Waals surface area (Å²) in [5.41, 5.74) is 1.72. The van der Waals surface area contributed by atoms with Crippen LogP contribution in [0.2, 0.25) is 0 Å². The van der Waals surface area contributed by atoms with Gasteiger partial charge in [-0.3, -0.25) is 9.78 Å². The van der Waals surface area contributed by atoms with Crippen LogP contribution in [0, 0.1) is 5.82 Å².